The summed E-state index contributed by atoms with van der Waals surface area (Å²) in [5, 5.41) is 0. The Labute approximate surface area is 135 Å². The Morgan fingerprint density at radius 2 is 1.83 bits per heavy atom. The van der Waals surface area contributed by atoms with E-state index in [4.69, 9.17) is 16.2 Å². The summed E-state index contributed by atoms with van der Waals surface area (Å²) in [6.07, 6.45) is 3.30. The molecule has 23 heavy (non-hydrogen) atoms. The van der Waals surface area contributed by atoms with E-state index in [1.165, 1.54) is 6.92 Å². The van der Waals surface area contributed by atoms with Crippen molar-refractivity contribution in [2.45, 2.75) is 32.6 Å². The molecule has 1 saturated carbocycles. The lowest BCUT2D eigenvalue weighted by Crippen LogP contribution is -2.28. The average molecular weight is 317 g/mol. The van der Waals surface area contributed by atoms with E-state index < -0.39 is 0 Å². The van der Waals surface area contributed by atoms with Gasteiger partial charge in [-0.2, -0.15) is 0 Å². The molecule has 0 bridgehead atoms. The molecule has 6 heteroatoms. The van der Waals surface area contributed by atoms with Crippen LogP contribution in [-0.2, 0) is 4.79 Å². The van der Waals surface area contributed by atoms with Crippen molar-refractivity contribution in [1.29, 1.82) is 0 Å². The molecule has 4 N–H and O–H groups in total. The molecule has 0 unspecified atom stereocenters. The summed E-state index contributed by atoms with van der Waals surface area (Å²) in [6, 6.07) is 6.82. The van der Waals surface area contributed by atoms with Crippen molar-refractivity contribution in [3.8, 4) is 5.75 Å². The third-order valence-corrected chi connectivity index (χ3v) is 4.19. The maximum atomic E-state index is 12.3. The van der Waals surface area contributed by atoms with Crippen LogP contribution in [0.2, 0.25) is 0 Å². The van der Waals surface area contributed by atoms with Crippen molar-refractivity contribution < 1.29 is 14.3 Å². The number of carbonyl (C=O) groups is 2. The molecule has 2 rings (SSSR count). The van der Waals surface area contributed by atoms with Gasteiger partial charge in [0, 0.05) is 6.54 Å². The van der Waals surface area contributed by atoms with Gasteiger partial charge in [0.05, 0.1) is 11.5 Å². The first-order valence-electron chi connectivity index (χ1n) is 7.84. The van der Waals surface area contributed by atoms with E-state index in [1.807, 2.05) is 0 Å². The highest BCUT2D eigenvalue weighted by Gasteiger charge is 2.28. The summed E-state index contributed by atoms with van der Waals surface area (Å²) in [5.74, 6) is 0.337. The fourth-order valence-corrected chi connectivity index (χ4v) is 2.85. The molecular formula is C17H23N3O3. The van der Waals surface area contributed by atoms with Crippen LogP contribution in [0.3, 0.4) is 0 Å². The van der Waals surface area contributed by atoms with Crippen molar-refractivity contribution in [3.05, 3.63) is 29.8 Å². The number of Topliss-reactive ketones (excluding diaryl/α,β-unsaturated/α-hetero) is 1. The van der Waals surface area contributed by atoms with Crippen molar-refractivity contribution >= 4 is 17.7 Å². The van der Waals surface area contributed by atoms with E-state index in [2.05, 4.69) is 4.99 Å². The Morgan fingerprint density at radius 3 is 2.43 bits per heavy atom. The molecule has 0 saturated heterocycles. The minimum absolute atomic E-state index is 0.104. The van der Waals surface area contributed by atoms with E-state index in [0.717, 1.165) is 25.7 Å². The average Bonchev–Trinajstić information content (AvgIpc) is 2.53. The van der Waals surface area contributed by atoms with Crippen LogP contribution in [0, 0.1) is 11.8 Å². The van der Waals surface area contributed by atoms with Crippen LogP contribution in [-0.4, -0.2) is 24.3 Å². The van der Waals surface area contributed by atoms with Gasteiger partial charge in [-0.25, -0.2) is 0 Å². The Hall–Kier alpha value is -2.37. The predicted octanol–water partition coefficient (Wildman–Crippen LogP) is 1.87. The van der Waals surface area contributed by atoms with E-state index in [0.29, 0.717) is 23.8 Å². The smallest absolute Gasteiger partial charge is 0.314 e. The molecule has 1 aliphatic rings. The molecule has 0 heterocycles. The van der Waals surface area contributed by atoms with E-state index in [-0.39, 0.29) is 23.6 Å². The lowest BCUT2D eigenvalue weighted by atomic mass is 9.82. The molecule has 0 aromatic heterocycles. The minimum atomic E-state index is -0.265. The zero-order valence-corrected chi connectivity index (χ0v) is 13.3. The number of rotatable bonds is 5. The first kappa shape index (κ1) is 17.0. The van der Waals surface area contributed by atoms with Crippen molar-refractivity contribution in [1.82, 2.24) is 0 Å². The van der Waals surface area contributed by atoms with Gasteiger partial charge in [0.2, 0.25) is 0 Å². The first-order chi connectivity index (χ1) is 11.0. The van der Waals surface area contributed by atoms with Gasteiger partial charge < -0.3 is 16.2 Å². The fourth-order valence-electron chi connectivity index (χ4n) is 2.85. The van der Waals surface area contributed by atoms with Gasteiger partial charge in [0.15, 0.2) is 11.7 Å². The van der Waals surface area contributed by atoms with Crippen LogP contribution in [0.15, 0.2) is 29.3 Å². The van der Waals surface area contributed by atoms with Crippen LogP contribution in [0.4, 0.5) is 0 Å². The van der Waals surface area contributed by atoms with Crippen molar-refractivity contribution in [2.24, 2.45) is 28.3 Å². The topological polar surface area (TPSA) is 108 Å². The number of benzene rings is 1. The lowest BCUT2D eigenvalue weighted by Gasteiger charge is -2.26. The molecule has 124 valence electrons. The number of nitrogens with two attached hydrogens (primary N) is 2. The maximum Gasteiger partial charge on any atom is 0.314 e. The third kappa shape index (κ3) is 4.81. The summed E-state index contributed by atoms with van der Waals surface area (Å²) in [4.78, 5) is 27.9. The Balaban J connectivity index is 1.91. The number of aliphatic imine (C=N–C) groups is 1. The summed E-state index contributed by atoms with van der Waals surface area (Å²) in [7, 11) is 0. The van der Waals surface area contributed by atoms with Gasteiger partial charge in [-0.15, -0.1) is 0 Å². The fraction of sp³-hybridized carbons (Fsp3) is 0.471. The molecule has 6 nitrogen and oxygen atoms in total. The highest BCUT2D eigenvalue weighted by molar-refractivity contribution is 5.97. The normalized spacial score (nSPS) is 20.6. The second-order valence-electron chi connectivity index (χ2n) is 5.96. The summed E-state index contributed by atoms with van der Waals surface area (Å²) >= 11 is 0. The number of esters is 1. The highest BCUT2D eigenvalue weighted by Crippen LogP contribution is 2.30. The SMILES string of the molecule is CC(=O)c1ccccc1OC(=O)C1CCC(CN=C(N)N)CC1. The number of hydrogen-bond donors (Lipinski definition) is 2. The summed E-state index contributed by atoms with van der Waals surface area (Å²) in [6.45, 7) is 2.07. The second kappa shape index (κ2) is 7.76. The van der Waals surface area contributed by atoms with Gasteiger partial charge in [0.25, 0.3) is 0 Å². The van der Waals surface area contributed by atoms with E-state index >= 15 is 0 Å². The quantitative estimate of drug-likeness (QED) is 0.283. The lowest BCUT2D eigenvalue weighted by molar-refractivity contribution is -0.140. The molecule has 1 aliphatic carbocycles. The molecule has 0 amide bonds. The van der Waals surface area contributed by atoms with Crippen molar-refractivity contribution in [3.63, 3.8) is 0 Å². The molecular weight excluding hydrogens is 294 g/mol. The molecule has 1 aromatic rings. The van der Waals surface area contributed by atoms with Gasteiger partial charge >= 0.3 is 5.97 Å². The predicted molar refractivity (Wildman–Crippen MR) is 88.2 cm³/mol. The Bertz CT molecular complexity index is 601. The van der Waals surface area contributed by atoms with Crippen LogP contribution >= 0.6 is 0 Å². The molecule has 0 aliphatic heterocycles. The van der Waals surface area contributed by atoms with Gasteiger partial charge in [-0.05, 0) is 50.7 Å². The molecule has 1 aromatic carbocycles. The van der Waals surface area contributed by atoms with E-state index in [1.54, 1.807) is 24.3 Å². The Morgan fingerprint density at radius 1 is 1.17 bits per heavy atom. The number of nitrogens with zero attached hydrogens (tertiary/aromatic N) is 1. The second-order valence-corrected chi connectivity index (χ2v) is 5.96. The molecule has 1 fully saturated rings. The minimum Gasteiger partial charge on any atom is -0.426 e. The largest absolute Gasteiger partial charge is 0.426 e. The highest BCUT2D eigenvalue weighted by atomic mass is 16.5. The summed E-state index contributed by atoms with van der Waals surface area (Å²) in [5.41, 5.74) is 11.1. The third-order valence-electron chi connectivity index (χ3n) is 4.19. The number of ketones is 1. The monoisotopic (exact) mass is 317 g/mol. The zero-order chi connectivity index (χ0) is 16.8. The van der Waals surface area contributed by atoms with Crippen LogP contribution < -0.4 is 16.2 Å². The van der Waals surface area contributed by atoms with Crippen molar-refractivity contribution in [2.75, 3.05) is 6.54 Å². The van der Waals surface area contributed by atoms with Gasteiger partial charge in [0.1, 0.15) is 5.75 Å². The zero-order valence-electron chi connectivity index (χ0n) is 13.3. The number of ether oxygens (including phenoxy) is 1. The molecule has 0 spiro atoms. The first-order valence-corrected chi connectivity index (χ1v) is 7.84. The molecule has 0 radical (unpaired) electrons. The number of para-hydroxylation sites is 1. The number of carbonyl (C=O) groups excluding carboxylic acids is 2. The number of hydrogen-bond acceptors (Lipinski definition) is 4. The summed E-state index contributed by atoms with van der Waals surface area (Å²) < 4.78 is 5.45. The van der Waals surface area contributed by atoms with Crippen LogP contribution in [0.5, 0.6) is 5.75 Å². The number of guanidine groups is 1. The van der Waals surface area contributed by atoms with Gasteiger partial charge in [-0.1, -0.05) is 12.1 Å². The Kier molecular flexibility index (Phi) is 5.73. The van der Waals surface area contributed by atoms with Crippen LogP contribution in [0.25, 0.3) is 0 Å². The molecule has 0 atom stereocenters. The maximum absolute atomic E-state index is 12.3. The van der Waals surface area contributed by atoms with Crippen LogP contribution in [0.1, 0.15) is 43.0 Å². The standard InChI is InChI=1S/C17H23N3O3/c1-11(21)14-4-2-3-5-15(14)23-16(22)13-8-6-12(7-9-13)10-20-17(18)19/h2-5,12-13H,6-10H2,1H3,(H4,18,19,20). The van der Waals surface area contributed by atoms with E-state index in [9.17, 15) is 9.59 Å². The van der Waals surface area contributed by atoms with Gasteiger partial charge in [-0.3, -0.25) is 14.6 Å².